The Hall–Kier alpha value is -2.08. The monoisotopic (exact) mass is 316 g/mol. The Morgan fingerprint density at radius 1 is 1.57 bits per heavy atom. The standard InChI is InChI=1S/C17H24N4O2/c1-3-21-11-14(10-20-21)16-13(5-4-8-23-16)9-19-17(22)15-12(2)6-7-18-15/h6-7,10-11,13,16,18H,3-5,8-9H2,1-2H3,(H,19,22)/t13-,16+/m0/s1. The zero-order valence-corrected chi connectivity index (χ0v) is 13.7. The van der Waals surface area contributed by atoms with Gasteiger partial charge in [0.2, 0.25) is 0 Å². The number of nitrogens with zero attached hydrogens (tertiary/aromatic N) is 2. The molecule has 0 aliphatic carbocycles. The van der Waals surface area contributed by atoms with Crippen LogP contribution in [0.4, 0.5) is 0 Å². The van der Waals surface area contributed by atoms with E-state index >= 15 is 0 Å². The number of carbonyl (C=O) groups excluding carboxylic acids is 1. The summed E-state index contributed by atoms with van der Waals surface area (Å²) in [7, 11) is 0. The van der Waals surface area contributed by atoms with Crippen molar-refractivity contribution in [1.82, 2.24) is 20.1 Å². The summed E-state index contributed by atoms with van der Waals surface area (Å²) >= 11 is 0. The zero-order valence-electron chi connectivity index (χ0n) is 13.7. The Morgan fingerprint density at radius 2 is 2.43 bits per heavy atom. The SMILES string of the molecule is CCn1cc([C@@H]2OCCC[C@H]2CNC(=O)c2[nH]ccc2C)cn1. The van der Waals surface area contributed by atoms with E-state index in [1.165, 1.54) is 0 Å². The molecule has 3 heterocycles. The van der Waals surface area contributed by atoms with E-state index in [9.17, 15) is 4.79 Å². The molecule has 6 heteroatoms. The molecule has 6 nitrogen and oxygen atoms in total. The largest absolute Gasteiger partial charge is 0.373 e. The molecule has 0 radical (unpaired) electrons. The third kappa shape index (κ3) is 3.47. The highest BCUT2D eigenvalue weighted by atomic mass is 16.5. The molecule has 0 spiro atoms. The quantitative estimate of drug-likeness (QED) is 0.890. The van der Waals surface area contributed by atoms with Gasteiger partial charge in [0.1, 0.15) is 5.69 Å². The Morgan fingerprint density at radius 3 is 3.13 bits per heavy atom. The highest BCUT2D eigenvalue weighted by Crippen LogP contribution is 2.33. The van der Waals surface area contributed by atoms with Crippen LogP contribution in [0.5, 0.6) is 0 Å². The molecule has 1 aliphatic heterocycles. The maximum atomic E-state index is 12.3. The Bertz CT molecular complexity index is 661. The maximum absolute atomic E-state index is 12.3. The lowest BCUT2D eigenvalue weighted by atomic mass is 9.91. The molecule has 1 aliphatic rings. The highest BCUT2D eigenvalue weighted by Gasteiger charge is 2.29. The summed E-state index contributed by atoms with van der Waals surface area (Å²) in [6, 6.07) is 1.90. The first kappa shape index (κ1) is 15.8. The number of rotatable bonds is 5. The number of hydrogen-bond acceptors (Lipinski definition) is 3. The molecule has 0 bridgehead atoms. The molecule has 124 valence electrons. The van der Waals surface area contributed by atoms with Gasteiger partial charge in [-0.15, -0.1) is 0 Å². The number of aromatic nitrogens is 3. The van der Waals surface area contributed by atoms with Gasteiger partial charge in [-0.2, -0.15) is 5.10 Å². The number of H-pyrrole nitrogens is 1. The lowest BCUT2D eigenvalue weighted by molar-refractivity contribution is -0.0273. The maximum Gasteiger partial charge on any atom is 0.267 e. The normalized spacial score (nSPS) is 21.3. The molecule has 1 amide bonds. The van der Waals surface area contributed by atoms with Crippen LogP contribution in [0.2, 0.25) is 0 Å². The van der Waals surface area contributed by atoms with Gasteiger partial charge >= 0.3 is 0 Å². The van der Waals surface area contributed by atoms with Gasteiger partial charge in [0.15, 0.2) is 0 Å². The predicted octanol–water partition coefficient (Wildman–Crippen LogP) is 2.44. The predicted molar refractivity (Wildman–Crippen MR) is 87.2 cm³/mol. The molecular formula is C17H24N4O2. The van der Waals surface area contributed by atoms with Gasteiger partial charge in [-0.1, -0.05) is 0 Å². The van der Waals surface area contributed by atoms with Crippen LogP contribution in [0.25, 0.3) is 0 Å². The number of carbonyl (C=O) groups is 1. The smallest absolute Gasteiger partial charge is 0.267 e. The number of nitrogens with one attached hydrogen (secondary N) is 2. The third-order valence-electron chi connectivity index (χ3n) is 4.46. The van der Waals surface area contributed by atoms with Crippen molar-refractivity contribution in [2.75, 3.05) is 13.2 Å². The first-order valence-electron chi connectivity index (χ1n) is 8.25. The van der Waals surface area contributed by atoms with E-state index in [1.54, 1.807) is 6.20 Å². The summed E-state index contributed by atoms with van der Waals surface area (Å²) in [6.45, 7) is 6.22. The van der Waals surface area contributed by atoms with E-state index < -0.39 is 0 Å². The van der Waals surface area contributed by atoms with E-state index in [-0.39, 0.29) is 17.9 Å². The van der Waals surface area contributed by atoms with Crippen molar-refractivity contribution in [3.8, 4) is 0 Å². The Labute approximate surface area is 136 Å². The van der Waals surface area contributed by atoms with Crippen LogP contribution in [0.3, 0.4) is 0 Å². The van der Waals surface area contributed by atoms with Crippen molar-refractivity contribution in [3.63, 3.8) is 0 Å². The lowest BCUT2D eigenvalue weighted by Gasteiger charge is -2.31. The second-order valence-corrected chi connectivity index (χ2v) is 6.07. The van der Waals surface area contributed by atoms with Crippen LogP contribution in [-0.2, 0) is 11.3 Å². The van der Waals surface area contributed by atoms with Gasteiger partial charge in [-0.3, -0.25) is 9.48 Å². The zero-order chi connectivity index (χ0) is 16.2. The molecule has 0 saturated carbocycles. The Balaban J connectivity index is 1.65. The lowest BCUT2D eigenvalue weighted by Crippen LogP contribution is -2.35. The minimum atomic E-state index is -0.0546. The number of aryl methyl sites for hydroxylation is 2. The Kier molecular flexibility index (Phi) is 4.81. The van der Waals surface area contributed by atoms with Gasteiger partial charge in [-0.05, 0) is 38.3 Å². The summed E-state index contributed by atoms with van der Waals surface area (Å²) in [5, 5.41) is 7.37. The van der Waals surface area contributed by atoms with E-state index in [1.807, 2.05) is 30.1 Å². The molecule has 2 N–H and O–H groups in total. The summed E-state index contributed by atoms with van der Waals surface area (Å²) in [4.78, 5) is 15.3. The molecule has 2 aromatic rings. The van der Waals surface area contributed by atoms with Crippen LogP contribution in [0.15, 0.2) is 24.7 Å². The van der Waals surface area contributed by atoms with Crippen molar-refractivity contribution in [3.05, 3.63) is 41.5 Å². The van der Waals surface area contributed by atoms with Crippen LogP contribution >= 0.6 is 0 Å². The number of ether oxygens (including phenoxy) is 1. The second kappa shape index (κ2) is 7.00. The van der Waals surface area contributed by atoms with E-state index in [0.29, 0.717) is 12.2 Å². The van der Waals surface area contributed by atoms with Gasteiger partial charge < -0.3 is 15.0 Å². The van der Waals surface area contributed by atoms with Crippen molar-refractivity contribution in [1.29, 1.82) is 0 Å². The van der Waals surface area contributed by atoms with Gasteiger partial charge in [0, 0.05) is 43.6 Å². The average molecular weight is 316 g/mol. The fourth-order valence-corrected chi connectivity index (χ4v) is 3.12. The summed E-state index contributed by atoms with van der Waals surface area (Å²) in [5.41, 5.74) is 2.70. The van der Waals surface area contributed by atoms with Crippen molar-refractivity contribution < 1.29 is 9.53 Å². The number of hydrogen-bond donors (Lipinski definition) is 2. The first-order valence-corrected chi connectivity index (χ1v) is 8.25. The molecule has 0 unspecified atom stereocenters. The fraction of sp³-hybridized carbons (Fsp3) is 0.529. The summed E-state index contributed by atoms with van der Waals surface area (Å²) in [6.07, 6.45) is 7.79. The molecule has 3 rings (SSSR count). The first-order chi connectivity index (χ1) is 11.2. The van der Waals surface area contributed by atoms with Crippen LogP contribution in [0, 0.1) is 12.8 Å². The van der Waals surface area contributed by atoms with E-state index in [4.69, 9.17) is 4.74 Å². The molecule has 1 saturated heterocycles. The fourth-order valence-electron chi connectivity index (χ4n) is 3.12. The molecule has 2 aromatic heterocycles. The molecular weight excluding hydrogens is 292 g/mol. The summed E-state index contributed by atoms with van der Waals surface area (Å²) < 4.78 is 7.88. The van der Waals surface area contributed by atoms with E-state index in [2.05, 4.69) is 22.3 Å². The van der Waals surface area contributed by atoms with Crippen LogP contribution < -0.4 is 5.32 Å². The van der Waals surface area contributed by atoms with Gasteiger partial charge in [0.25, 0.3) is 5.91 Å². The molecule has 23 heavy (non-hydrogen) atoms. The summed E-state index contributed by atoms with van der Waals surface area (Å²) in [5.74, 6) is 0.221. The third-order valence-corrected chi connectivity index (χ3v) is 4.46. The number of aromatic amines is 1. The van der Waals surface area contributed by atoms with Crippen LogP contribution in [0.1, 0.15) is 47.5 Å². The minimum absolute atomic E-state index is 0.00842. The van der Waals surface area contributed by atoms with Crippen molar-refractivity contribution in [2.45, 2.75) is 39.3 Å². The van der Waals surface area contributed by atoms with Gasteiger partial charge in [0.05, 0.1) is 12.3 Å². The molecule has 0 aromatic carbocycles. The van der Waals surface area contributed by atoms with Gasteiger partial charge in [-0.25, -0.2) is 0 Å². The highest BCUT2D eigenvalue weighted by molar-refractivity contribution is 5.93. The molecule has 1 fully saturated rings. The number of amides is 1. The van der Waals surface area contributed by atoms with Crippen LogP contribution in [-0.4, -0.2) is 33.8 Å². The van der Waals surface area contributed by atoms with E-state index in [0.717, 1.165) is 37.1 Å². The minimum Gasteiger partial charge on any atom is -0.373 e. The molecule has 2 atom stereocenters. The van der Waals surface area contributed by atoms with Crippen molar-refractivity contribution >= 4 is 5.91 Å². The van der Waals surface area contributed by atoms with Crippen molar-refractivity contribution in [2.24, 2.45) is 5.92 Å². The topological polar surface area (TPSA) is 71.9 Å². The second-order valence-electron chi connectivity index (χ2n) is 6.07. The average Bonchev–Trinajstić information content (AvgIpc) is 3.21.